The largest absolute Gasteiger partial charge is 0.497 e. The molecule has 2 N–H and O–H groups in total. The van der Waals surface area contributed by atoms with Gasteiger partial charge in [0.15, 0.2) is 0 Å². The van der Waals surface area contributed by atoms with Crippen molar-refractivity contribution in [1.82, 2.24) is 25.1 Å². The highest BCUT2D eigenvalue weighted by Crippen LogP contribution is 2.29. The lowest BCUT2D eigenvalue weighted by molar-refractivity contribution is -0.189. The van der Waals surface area contributed by atoms with Crippen LogP contribution in [0.5, 0.6) is 5.75 Å². The van der Waals surface area contributed by atoms with E-state index in [4.69, 9.17) is 16.3 Å². The molecule has 0 aliphatic carbocycles. The van der Waals surface area contributed by atoms with E-state index in [-0.39, 0.29) is 26.2 Å². The Bertz CT molecular complexity index is 1240. The van der Waals surface area contributed by atoms with E-state index in [1.165, 1.54) is 19.8 Å². The van der Waals surface area contributed by atoms with Gasteiger partial charge in [0, 0.05) is 25.2 Å². The van der Waals surface area contributed by atoms with E-state index in [1.807, 2.05) is 25.1 Å². The van der Waals surface area contributed by atoms with Gasteiger partial charge in [-0.25, -0.2) is 14.8 Å². The molecule has 12 heteroatoms. The summed E-state index contributed by atoms with van der Waals surface area (Å²) in [6, 6.07) is 10.9. The summed E-state index contributed by atoms with van der Waals surface area (Å²) < 4.78 is 5.16. The van der Waals surface area contributed by atoms with Crippen molar-refractivity contribution in [2.24, 2.45) is 0 Å². The number of urea groups is 1. The summed E-state index contributed by atoms with van der Waals surface area (Å²) in [6.45, 7) is 2.03. The molecule has 4 rings (SSSR count). The maximum Gasteiger partial charge on any atom is 0.334 e. The van der Waals surface area contributed by atoms with E-state index in [2.05, 4.69) is 5.32 Å². The van der Waals surface area contributed by atoms with Crippen molar-refractivity contribution in [3.63, 3.8) is 0 Å². The number of likely N-dealkylation sites (N-methyl/N-ethyl adjacent to an activating group) is 1. The summed E-state index contributed by atoms with van der Waals surface area (Å²) in [7, 11) is 3.17. The van der Waals surface area contributed by atoms with Crippen LogP contribution in [0, 0.1) is 6.92 Å². The second-order valence-corrected chi connectivity index (χ2v) is 9.78. The zero-order chi connectivity index (χ0) is 27.6. The molecule has 2 fully saturated rings. The van der Waals surface area contributed by atoms with Crippen molar-refractivity contribution in [2.45, 2.75) is 38.6 Å². The molecule has 2 aliphatic rings. The predicted octanol–water partition coefficient (Wildman–Crippen LogP) is 2.07. The molecule has 2 aromatic carbocycles. The summed E-state index contributed by atoms with van der Waals surface area (Å²) in [5.41, 5.74) is 2.47. The molecule has 2 saturated heterocycles. The number of carbonyl (C=O) groups is 4. The number of fused-ring (bicyclic) bond motifs is 1. The third-order valence-electron chi connectivity index (χ3n) is 6.69. The normalized spacial score (nSPS) is 19.8. The number of nitrogens with one attached hydrogen (secondary N) is 1. The zero-order valence-corrected chi connectivity index (χ0v) is 22.1. The summed E-state index contributed by atoms with van der Waals surface area (Å²) in [6.07, 6.45) is -1.48. The van der Waals surface area contributed by atoms with Gasteiger partial charge in [-0.15, -0.1) is 0 Å². The summed E-state index contributed by atoms with van der Waals surface area (Å²) in [4.78, 5) is 54.3. The first kappa shape index (κ1) is 27.2. The number of ether oxygens (including phenoxy) is 1. The number of hydrogen-bond acceptors (Lipinski definition) is 6. The van der Waals surface area contributed by atoms with Gasteiger partial charge in [0.05, 0.1) is 26.6 Å². The third-order valence-corrected chi connectivity index (χ3v) is 7.04. The van der Waals surface area contributed by atoms with E-state index in [1.54, 1.807) is 38.4 Å². The fourth-order valence-electron chi connectivity index (χ4n) is 4.80. The van der Waals surface area contributed by atoms with E-state index < -0.39 is 42.4 Å². The van der Waals surface area contributed by atoms with Crippen molar-refractivity contribution >= 4 is 35.4 Å². The number of carbonyl (C=O) groups excluding carboxylic acids is 3. The number of hydrogen-bond donors (Lipinski definition) is 2. The van der Waals surface area contributed by atoms with Gasteiger partial charge in [-0.05, 0) is 41.8 Å². The van der Waals surface area contributed by atoms with Gasteiger partial charge in [-0.2, -0.15) is 0 Å². The van der Waals surface area contributed by atoms with Crippen molar-refractivity contribution in [1.29, 1.82) is 0 Å². The topological polar surface area (TPSA) is 123 Å². The number of methoxy groups -OCH3 is 1. The van der Waals surface area contributed by atoms with Crippen LogP contribution in [-0.2, 0) is 27.5 Å². The van der Waals surface area contributed by atoms with Crippen LogP contribution >= 0.6 is 11.6 Å². The molecule has 2 aliphatic heterocycles. The first-order valence-electron chi connectivity index (χ1n) is 12.1. The molecule has 0 unspecified atom stereocenters. The Morgan fingerprint density at radius 2 is 1.87 bits per heavy atom. The van der Waals surface area contributed by atoms with Gasteiger partial charge in [0.1, 0.15) is 18.0 Å². The van der Waals surface area contributed by atoms with Crippen molar-refractivity contribution in [3.8, 4) is 5.75 Å². The minimum atomic E-state index is -1.26. The Labute approximate surface area is 225 Å². The summed E-state index contributed by atoms with van der Waals surface area (Å²) in [5, 5.41) is 15.7. The van der Waals surface area contributed by atoms with Gasteiger partial charge in [-0.1, -0.05) is 35.9 Å². The second kappa shape index (κ2) is 11.3. The highest BCUT2D eigenvalue weighted by Gasteiger charge is 2.51. The van der Waals surface area contributed by atoms with Crippen LogP contribution in [0.1, 0.15) is 23.1 Å². The SMILES string of the molecule is COc1ccc(CNC(=O)N2[C@H]3CN(Cc4ccc(C)cc4Cl)C(=O)[C@H](CC(=O)O)N3C(=O)CN2C)cc1. The van der Waals surface area contributed by atoms with E-state index in [0.29, 0.717) is 16.3 Å². The number of nitrogens with zero attached hydrogens (tertiary/aromatic N) is 4. The number of aryl methyl sites for hydroxylation is 1. The van der Waals surface area contributed by atoms with Gasteiger partial charge in [-0.3, -0.25) is 14.4 Å². The Hall–Kier alpha value is -3.83. The number of carboxylic acid groups (broad SMARTS) is 1. The van der Waals surface area contributed by atoms with E-state index in [9.17, 15) is 24.3 Å². The van der Waals surface area contributed by atoms with Gasteiger partial charge in [0.25, 0.3) is 0 Å². The monoisotopic (exact) mass is 543 g/mol. The maximum atomic E-state index is 13.4. The minimum Gasteiger partial charge on any atom is -0.497 e. The Balaban J connectivity index is 1.60. The van der Waals surface area contributed by atoms with Crippen LogP contribution in [0.2, 0.25) is 5.02 Å². The van der Waals surface area contributed by atoms with Crippen LogP contribution in [0.4, 0.5) is 4.79 Å². The molecule has 11 nitrogen and oxygen atoms in total. The predicted molar refractivity (Wildman–Crippen MR) is 138 cm³/mol. The van der Waals surface area contributed by atoms with Crippen LogP contribution in [0.3, 0.4) is 0 Å². The summed E-state index contributed by atoms with van der Waals surface area (Å²) >= 11 is 6.41. The molecule has 4 amide bonds. The minimum absolute atomic E-state index is 0.00874. The molecule has 38 heavy (non-hydrogen) atoms. The molecule has 0 bridgehead atoms. The maximum absolute atomic E-state index is 13.4. The lowest BCUT2D eigenvalue weighted by Crippen LogP contribution is -2.76. The molecule has 202 valence electrons. The Morgan fingerprint density at radius 3 is 2.50 bits per heavy atom. The lowest BCUT2D eigenvalue weighted by atomic mass is 10.0. The average molecular weight is 544 g/mol. The fraction of sp³-hybridized carbons (Fsp3) is 0.385. The van der Waals surface area contributed by atoms with Crippen LogP contribution in [0.25, 0.3) is 0 Å². The molecular weight excluding hydrogens is 514 g/mol. The average Bonchev–Trinajstić information content (AvgIpc) is 2.86. The molecule has 2 atom stereocenters. The Kier molecular flexibility index (Phi) is 8.08. The Morgan fingerprint density at radius 1 is 1.16 bits per heavy atom. The number of halogens is 1. The molecular formula is C26H30ClN5O6. The van der Waals surface area contributed by atoms with Crippen molar-refractivity contribution in [3.05, 3.63) is 64.2 Å². The van der Waals surface area contributed by atoms with Gasteiger partial charge >= 0.3 is 12.0 Å². The number of hydrazine groups is 1. The van der Waals surface area contributed by atoms with Gasteiger partial charge < -0.3 is 25.0 Å². The number of piperazine rings is 1. The van der Waals surface area contributed by atoms with Crippen molar-refractivity contribution in [2.75, 3.05) is 27.2 Å². The van der Waals surface area contributed by atoms with Crippen LogP contribution < -0.4 is 10.1 Å². The summed E-state index contributed by atoms with van der Waals surface area (Å²) in [5.74, 6) is -1.46. The molecule has 2 aromatic rings. The number of aliphatic carboxylic acids is 1. The van der Waals surface area contributed by atoms with Crippen LogP contribution in [-0.4, -0.2) is 88.2 Å². The quantitative estimate of drug-likeness (QED) is 0.548. The molecule has 0 radical (unpaired) electrons. The lowest BCUT2D eigenvalue weighted by Gasteiger charge is -2.54. The fourth-order valence-corrected chi connectivity index (χ4v) is 5.10. The highest BCUT2D eigenvalue weighted by atomic mass is 35.5. The molecule has 0 saturated carbocycles. The molecule has 2 heterocycles. The van der Waals surface area contributed by atoms with Crippen LogP contribution in [0.15, 0.2) is 42.5 Å². The van der Waals surface area contributed by atoms with E-state index in [0.717, 1.165) is 11.1 Å². The number of benzene rings is 2. The number of amides is 4. The van der Waals surface area contributed by atoms with Gasteiger partial charge in [0.2, 0.25) is 11.8 Å². The van der Waals surface area contributed by atoms with Crippen molar-refractivity contribution < 1.29 is 29.0 Å². The smallest absolute Gasteiger partial charge is 0.334 e. The molecule has 0 aromatic heterocycles. The molecule has 0 spiro atoms. The van der Waals surface area contributed by atoms with E-state index >= 15 is 0 Å². The first-order valence-corrected chi connectivity index (χ1v) is 12.4. The standard InChI is InChI=1S/C26H30ClN5O6/c1-16-4-7-18(20(27)10-16)13-30-14-22-31(21(25(30)36)11-24(34)35)23(33)15-29(2)32(22)26(37)28-12-17-5-8-19(38-3)9-6-17/h4-10,21-22H,11-15H2,1-3H3,(H,28,37)(H,34,35)/t21-,22-/m0/s1. The second-order valence-electron chi connectivity index (χ2n) is 9.38. The highest BCUT2D eigenvalue weighted by molar-refractivity contribution is 6.31. The third kappa shape index (κ3) is 5.68. The zero-order valence-electron chi connectivity index (χ0n) is 21.4. The first-order chi connectivity index (χ1) is 18.1. The number of carboxylic acids is 1. The number of rotatable bonds is 7.